The van der Waals surface area contributed by atoms with Crippen LogP contribution in [0.2, 0.25) is 0 Å². The van der Waals surface area contributed by atoms with E-state index in [1.165, 1.54) is 18.3 Å². The summed E-state index contributed by atoms with van der Waals surface area (Å²) in [4.78, 5) is 23.8. The van der Waals surface area contributed by atoms with Gasteiger partial charge in [-0.05, 0) is 25.3 Å². The number of rotatable bonds is 5. The molecule has 0 bridgehead atoms. The Morgan fingerprint density at radius 3 is 2.52 bits per heavy atom. The van der Waals surface area contributed by atoms with E-state index < -0.39 is 30.7 Å². The zero-order chi connectivity index (χ0) is 16.0. The van der Waals surface area contributed by atoms with Crippen molar-refractivity contribution in [1.82, 2.24) is 16.0 Å². The summed E-state index contributed by atoms with van der Waals surface area (Å²) in [6, 6.07) is 1.76. The molecule has 2 atom stereocenters. The van der Waals surface area contributed by atoms with Crippen molar-refractivity contribution in [2.24, 2.45) is 0 Å². The summed E-state index contributed by atoms with van der Waals surface area (Å²) in [5.74, 6) is -0.696. The van der Waals surface area contributed by atoms with Crippen LogP contribution < -0.4 is 16.0 Å². The summed E-state index contributed by atoms with van der Waals surface area (Å²) in [6.45, 7) is 1.88. The second-order valence-electron chi connectivity index (χ2n) is 4.41. The molecule has 5 nitrogen and oxygen atoms in total. The predicted octanol–water partition coefficient (Wildman–Crippen LogP) is 2.18. The normalized spacial score (nSPS) is 14.3. The lowest BCUT2D eigenvalue weighted by atomic mass is 10.2. The fourth-order valence-corrected chi connectivity index (χ4v) is 2.26. The number of halogens is 3. The molecular weight excluding hydrogens is 307 g/mol. The molecule has 1 rings (SSSR count). The fourth-order valence-electron chi connectivity index (χ4n) is 1.52. The molecule has 0 aliphatic carbocycles. The van der Waals surface area contributed by atoms with Gasteiger partial charge in [0.05, 0.1) is 6.04 Å². The van der Waals surface area contributed by atoms with E-state index in [0.29, 0.717) is 0 Å². The highest BCUT2D eigenvalue weighted by atomic mass is 32.1. The smallest absolute Gasteiger partial charge is 0.329 e. The number of amides is 3. The Labute approximate surface area is 123 Å². The molecule has 0 saturated carbocycles. The Kier molecular flexibility index (Phi) is 6.16. The highest BCUT2D eigenvalue weighted by molar-refractivity contribution is 7.10. The van der Waals surface area contributed by atoms with Gasteiger partial charge in [-0.1, -0.05) is 6.07 Å². The number of imide groups is 1. The highest BCUT2D eigenvalue weighted by Gasteiger charge is 2.28. The number of alkyl halides is 3. The topological polar surface area (TPSA) is 70.2 Å². The van der Waals surface area contributed by atoms with Crippen molar-refractivity contribution in [3.8, 4) is 0 Å². The van der Waals surface area contributed by atoms with E-state index in [4.69, 9.17) is 0 Å². The lowest BCUT2D eigenvalue weighted by molar-refractivity contribution is -0.125. The maximum atomic E-state index is 11.9. The molecule has 0 unspecified atom stereocenters. The molecule has 1 aromatic rings. The predicted molar refractivity (Wildman–Crippen MR) is 72.9 cm³/mol. The minimum Gasteiger partial charge on any atom is -0.329 e. The van der Waals surface area contributed by atoms with Crippen molar-refractivity contribution >= 4 is 23.3 Å². The van der Waals surface area contributed by atoms with Crippen molar-refractivity contribution < 1.29 is 22.8 Å². The van der Waals surface area contributed by atoms with Gasteiger partial charge in [0.2, 0.25) is 5.91 Å². The van der Waals surface area contributed by atoms with Crippen LogP contribution in [0.5, 0.6) is 0 Å². The SMILES string of the molecule is C[C@@H](N[C@H](C)c1cccs1)C(=O)NC(=O)NCC(F)(F)F. The monoisotopic (exact) mass is 323 g/mol. The van der Waals surface area contributed by atoms with Gasteiger partial charge < -0.3 is 5.32 Å². The van der Waals surface area contributed by atoms with Gasteiger partial charge in [-0.15, -0.1) is 11.3 Å². The molecule has 3 amide bonds. The third kappa shape index (κ3) is 6.58. The largest absolute Gasteiger partial charge is 0.405 e. The van der Waals surface area contributed by atoms with Crippen LogP contribution in [0.1, 0.15) is 24.8 Å². The molecule has 21 heavy (non-hydrogen) atoms. The van der Waals surface area contributed by atoms with Crippen LogP contribution >= 0.6 is 11.3 Å². The third-order valence-electron chi connectivity index (χ3n) is 2.55. The van der Waals surface area contributed by atoms with Crippen molar-refractivity contribution in [1.29, 1.82) is 0 Å². The van der Waals surface area contributed by atoms with Gasteiger partial charge in [0.25, 0.3) is 0 Å². The molecule has 1 heterocycles. The van der Waals surface area contributed by atoms with Gasteiger partial charge >= 0.3 is 12.2 Å². The van der Waals surface area contributed by atoms with E-state index >= 15 is 0 Å². The van der Waals surface area contributed by atoms with E-state index in [1.54, 1.807) is 5.32 Å². The Hall–Kier alpha value is -1.61. The van der Waals surface area contributed by atoms with E-state index in [1.807, 2.05) is 29.8 Å². The van der Waals surface area contributed by atoms with Crippen LogP contribution in [0.15, 0.2) is 17.5 Å². The van der Waals surface area contributed by atoms with Crippen LogP contribution in [0.3, 0.4) is 0 Å². The van der Waals surface area contributed by atoms with E-state index in [2.05, 4.69) is 5.32 Å². The number of carbonyl (C=O) groups excluding carboxylic acids is 2. The van der Waals surface area contributed by atoms with Crippen molar-refractivity contribution in [3.05, 3.63) is 22.4 Å². The average Bonchev–Trinajstić information content (AvgIpc) is 2.89. The summed E-state index contributed by atoms with van der Waals surface area (Å²) >= 11 is 1.51. The van der Waals surface area contributed by atoms with Gasteiger partial charge in [0.15, 0.2) is 0 Å². The highest BCUT2D eigenvalue weighted by Crippen LogP contribution is 2.18. The van der Waals surface area contributed by atoms with E-state index in [0.717, 1.165) is 4.88 Å². The maximum Gasteiger partial charge on any atom is 0.405 e. The van der Waals surface area contributed by atoms with Gasteiger partial charge in [-0.2, -0.15) is 13.2 Å². The first-order chi connectivity index (χ1) is 9.69. The summed E-state index contributed by atoms with van der Waals surface area (Å²) in [7, 11) is 0. The molecule has 0 aliphatic heterocycles. The molecule has 9 heteroatoms. The molecule has 3 N–H and O–H groups in total. The number of carbonyl (C=O) groups is 2. The third-order valence-corrected chi connectivity index (χ3v) is 3.60. The quantitative estimate of drug-likeness (QED) is 0.778. The first-order valence-corrected chi connectivity index (χ1v) is 7.02. The molecule has 0 saturated heterocycles. The first-order valence-electron chi connectivity index (χ1n) is 6.14. The Balaban J connectivity index is 2.39. The van der Waals surface area contributed by atoms with E-state index in [9.17, 15) is 22.8 Å². The minimum atomic E-state index is -4.52. The molecule has 118 valence electrons. The lowest BCUT2D eigenvalue weighted by Gasteiger charge is -2.18. The minimum absolute atomic E-state index is 0.107. The molecule has 0 aromatic carbocycles. The van der Waals surface area contributed by atoms with Gasteiger partial charge in [0, 0.05) is 10.9 Å². The van der Waals surface area contributed by atoms with Crippen LogP contribution in [-0.2, 0) is 4.79 Å². The molecule has 0 aliphatic rings. The zero-order valence-corrected chi connectivity index (χ0v) is 12.3. The first kappa shape index (κ1) is 17.4. The maximum absolute atomic E-state index is 11.9. The van der Waals surface area contributed by atoms with Crippen LogP contribution in [-0.4, -0.2) is 30.7 Å². The number of thiophene rings is 1. The Morgan fingerprint density at radius 1 is 1.33 bits per heavy atom. The second-order valence-corrected chi connectivity index (χ2v) is 5.39. The zero-order valence-electron chi connectivity index (χ0n) is 11.5. The number of urea groups is 1. The van der Waals surface area contributed by atoms with Crippen LogP contribution in [0.25, 0.3) is 0 Å². The van der Waals surface area contributed by atoms with Crippen LogP contribution in [0.4, 0.5) is 18.0 Å². The standard InChI is InChI=1S/C12H16F3N3O2S/c1-7(9-4-3-5-21-9)17-8(2)10(19)18-11(20)16-6-12(13,14)15/h3-5,7-8,17H,6H2,1-2H3,(H2,16,18,19,20)/t7-,8-/m1/s1. The Bertz CT molecular complexity index is 477. The summed E-state index contributed by atoms with van der Waals surface area (Å²) < 4.78 is 35.7. The van der Waals surface area contributed by atoms with Crippen LogP contribution in [0, 0.1) is 0 Å². The summed E-state index contributed by atoms with van der Waals surface area (Å²) in [6.07, 6.45) is -4.52. The van der Waals surface area contributed by atoms with E-state index in [-0.39, 0.29) is 6.04 Å². The molecule has 0 radical (unpaired) electrons. The number of nitrogens with one attached hydrogen (secondary N) is 3. The van der Waals surface area contributed by atoms with Gasteiger partial charge in [-0.3, -0.25) is 15.4 Å². The number of hydrogen-bond donors (Lipinski definition) is 3. The second kappa shape index (κ2) is 7.41. The number of hydrogen-bond acceptors (Lipinski definition) is 4. The van der Waals surface area contributed by atoms with Crippen molar-refractivity contribution in [3.63, 3.8) is 0 Å². The lowest BCUT2D eigenvalue weighted by Crippen LogP contribution is -2.49. The summed E-state index contributed by atoms with van der Waals surface area (Å²) in [5, 5.41) is 8.27. The molecular formula is C12H16F3N3O2S. The molecule has 1 aromatic heterocycles. The van der Waals surface area contributed by atoms with Crippen molar-refractivity contribution in [2.75, 3.05) is 6.54 Å². The van der Waals surface area contributed by atoms with Gasteiger partial charge in [-0.25, -0.2) is 4.79 Å². The summed E-state index contributed by atoms with van der Waals surface area (Å²) in [5.41, 5.74) is 0. The van der Waals surface area contributed by atoms with Gasteiger partial charge in [0.1, 0.15) is 6.54 Å². The Morgan fingerprint density at radius 2 is 2.00 bits per heavy atom. The van der Waals surface area contributed by atoms with Crippen molar-refractivity contribution in [2.45, 2.75) is 32.1 Å². The molecule has 0 spiro atoms. The average molecular weight is 323 g/mol. The molecule has 0 fully saturated rings. The fraction of sp³-hybridized carbons (Fsp3) is 0.500.